The first-order chi connectivity index (χ1) is 10.0. The van der Waals surface area contributed by atoms with E-state index in [1.165, 1.54) is 12.1 Å². The summed E-state index contributed by atoms with van der Waals surface area (Å²) in [5, 5.41) is 11.2. The van der Waals surface area contributed by atoms with Crippen molar-refractivity contribution >= 4 is 17.3 Å². The molecule has 2 N–H and O–H groups in total. The summed E-state index contributed by atoms with van der Waals surface area (Å²) in [4.78, 5) is 10.5. The smallest absolute Gasteiger partial charge is 0.313 e. The summed E-state index contributed by atoms with van der Waals surface area (Å²) in [5.41, 5.74) is 6.71. The standard InChI is InChI=1S/C15H15ClN2O3/c1-2-13(17)10-5-3-6-11(9-10)21-15-12(16)7-4-8-14(15)18(19)20/h3-9,13H,2,17H2,1H3. The molecule has 0 aliphatic rings. The van der Waals surface area contributed by atoms with Crippen LogP contribution in [-0.2, 0) is 0 Å². The summed E-state index contributed by atoms with van der Waals surface area (Å²) in [6.45, 7) is 1.98. The Labute approximate surface area is 127 Å². The van der Waals surface area contributed by atoms with Crippen LogP contribution in [0.1, 0.15) is 24.9 Å². The first-order valence-electron chi connectivity index (χ1n) is 6.49. The average molecular weight is 307 g/mol. The molecule has 2 rings (SSSR count). The van der Waals surface area contributed by atoms with Gasteiger partial charge in [0.25, 0.3) is 0 Å². The highest BCUT2D eigenvalue weighted by Gasteiger charge is 2.19. The molecule has 2 aromatic carbocycles. The molecule has 2 aromatic rings. The molecule has 0 spiro atoms. The monoisotopic (exact) mass is 306 g/mol. The second-order valence-electron chi connectivity index (χ2n) is 4.53. The van der Waals surface area contributed by atoms with Gasteiger partial charge in [0.15, 0.2) is 0 Å². The Morgan fingerprint density at radius 1 is 1.33 bits per heavy atom. The topological polar surface area (TPSA) is 78.4 Å². The van der Waals surface area contributed by atoms with Crippen LogP contribution in [0.2, 0.25) is 5.02 Å². The number of para-hydroxylation sites is 1. The number of benzene rings is 2. The largest absolute Gasteiger partial charge is 0.449 e. The summed E-state index contributed by atoms with van der Waals surface area (Å²) in [5.74, 6) is 0.499. The van der Waals surface area contributed by atoms with E-state index in [2.05, 4.69) is 0 Å². The van der Waals surface area contributed by atoms with E-state index in [4.69, 9.17) is 22.1 Å². The van der Waals surface area contributed by atoms with Crippen molar-refractivity contribution in [2.24, 2.45) is 5.73 Å². The third kappa shape index (κ3) is 3.51. The lowest BCUT2D eigenvalue weighted by atomic mass is 10.1. The third-order valence-corrected chi connectivity index (χ3v) is 3.39. The zero-order valence-corrected chi connectivity index (χ0v) is 12.2. The zero-order chi connectivity index (χ0) is 15.4. The fourth-order valence-electron chi connectivity index (χ4n) is 1.90. The fourth-order valence-corrected chi connectivity index (χ4v) is 2.11. The van der Waals surface area contributed by atoms with Crippen LogP contribution in [0.4, 0.5) is 5.69 Å². The van der Waals surface area contributed by atoms with Gasteiger partial charge in [0.05, 0.1) is 9.95 Å². The molecule has 0 saturated heterocycles. The molecule has 0 fully saturated rings. The Balaban J connectivity index is 2.37. The molecule has 0 saturated carbocycles. The van der Waals surface area contributed by atoms with Crippen LogP contribution in [0.3, 0.4) is 0 Å². The Morgan fingerprint density at radius 2 is 2.05 bits per heavy atom. The van der Waals surface area contributed by atoms with E-state index in [9.17, 15) is 10.1 Å². The number of nitrogens with zero attached hydrogens (tertiary/aromatic N) is 1. The summed E-state index contributed by atoms with van der Waals surface area (Å²) in [6, 6.07) is 11.5. The molecule has 0 amide bonds. The van der Waals surface area contributed by atoms with E-state index in [1.807, 2.05) is 13.0 Å². The molecule has 0 bridgehead atoms. The zero-order valence-electron chi connectivity index (χ0n) is 11.5. The minimum atomic E-state index is -0.525. The van der Waals surface area contributed by atoms with E-state index in [0.717, 1.165) is 12.0 Å². The van der Waals surface area contributed by atoms with Crippen molar-refractivity contribution in [1.82, 2.24) is 0 Å². The lowest BCUT2D eigenvalue weighted by Gasteiger charge is -2.12. The van der Waals surface area contributed by atoms with E-state index in [1.54, 1.807) is 24.3 Å². The second kappa shape index (κ2) is 6.56. The highest BCUT2D eigenvalue weighted by atomic mass is 35.5. The summed E-state index contributed by atoms with van der Waals surface area (Å²) < 4.78 is 5.61. The number of rotatable bonds is 5. The van der Waals surface area contributed by atoms with Crippen molar-refractivity contribution in [3.63, 3.8) is 0 Å². The van der Waals surface area contributed by atoms with Crippen molar-refractivity contribution in [2.45, 2.75) is 19.4 Å². The van der Waals surface area contributed by atoms with Gasteiger partial charge in [-0.05, 0) is 30.2 Å². The number of nitrogens with two attached hydrogens (primary N) is 1. The maximum absolute atomic E-state index is 11.0. The van der Waals surface area contributed by atoms with Crippen molar-refractivity contribution in [3.8, 4) is 11.5 Å². The van der Waals surface area contributed by atoms with Gasteiger partial charge in [0.2, 0.25) is 5.75 Å². The van der Waals surface area contributed by atoms with Crippen LogP contribution in [0.5, 0.6) is 11.5 Å². The van der Waals surface area contributed by atoms with Gasteiger partial charge in [-0.2, -0.15) is 0 Å². The number of nitro benzene ring substituents is 1. The SMILES string of the molecule is CCC(N)c1cccc(Oc2c(Cl)cccc2[N+](=O)[O-])c1. The van der Waals surface area contributed by atoms with Gasteiger partial charge in [-0.25, -0.2) is 0 Å². The molecule has 1 unspecified atom stereocenters. The maximum atomic E-state index is 11.0. The molecule has 1 atom stereocenters. The predicted octanol–water partition coefficient (Wildman–Crippen LogP) is 4.45. The molecule has 5 nitrogen and oxygen atoms in total. The minimum absolute atomic E-state index is 0.0337. The number of hydrogen-bond acceptors (Lipinski definition) is 4. The van der Waals surface area contributed by atoms with Crippen molar-refractivity contribution in [3.05, 3.63) is 63.2 Å². The van der Waals surface area contributed by atoms with E-state index >= 15 is 0 Å². The van der Waals surface area contributed by atoms with Crippen LogP contribution in [0.15, 0.2) is 42.5 Å². The first kappa shape index (κ1) is 15.3. The van der Waals surface area contributed by atoms with Crippen molar-refractivity contribution in [2.75, 3.05) is 0 Å². The highest BCUT2D eigenvalue weighted by Crippen LogP contribution is 2.38. The van der Waals surface area contributed by atoms with Crippen LogP contribution in [0.25, 0.3) is 0 Å². The number of hydrogen-bond donors (Lipinski definition) is 1. The number of ether oxygens (including phenoxy) is 1. The molecule has 0 heterocycles. The molecule has 0 aromatic heterocycles. The van der Waals surface area contributed by atoms with Gasteiger partial charge in [0.1, 0.15) is 5.75 Å². The molecule has 0 aliphatic carbocycles. The third-order valence-electron chi connectivity index (χ3n) is 3.09. The second-order valence-corrected chi connectivity index (χ2v) is 4.94. The average Bonchev–Trinajstić information content (AvgIpc) is 2.48. The van der Waals surface area contributed by atoms with E-state index < -0.39 is 4.92 Å². The summed E-state index contributed by atoms with van der Waals surface area (Å²) >= 11 is 6.00. The molecule has 0 radical (unpaired) electrons. The van der Waals surface area contributed by atoms with Gasteiger partial charge < -0.3 is 10.5 Å². The summed E-state index contributed by atoms with van der Waals surface area (Å²) in [7, 11) is 0. The van der Waals surface area contributed by atoms with Gasteiger partial charge in [-0.1, -0.05) is 36.7 Å². The van der Waals surface area contributed by atoms with Gasteiger partial charge >= 0.3 is 5.69 Å². The Morgan fingerprint density at radius 3 is 2.71 bits per heavy atom. The molecule has 6 heteroatoms. The Bertz CT molecular complexity index is 661. The summed E-state index contributed by atoms with van der Waals surface area (Å²) in [6.07, 6.45) is 0.787. The quantitative estimate of drug-likeness (QED) is 0.654. The molecule has 0 aliphatic heterocycles. The van der Waals surface area contributed by atoms with Crippen LogP contribution >= 0.6 is 11.6 Å². The highest BCUT2D eigenvalue weighted by molar-refractivity contribution is 6.32. The molecule has 21 heavy (non-hydrogen) atoms. The van der Waals surface area contributed by atoms with Crippen LogP contribution < -0.4 is 10.5 Å². The lowest BCUT2D eigenvalue weighted by Crippen LogP contribution is -2.08. The minimum Gasteiger partial charge on any atom is -0.449 e. The van der Waals surface area contributed by atoms with Crippen LogP contribution in [0, 0.1) is 10.1 Å². The first-order valence-corrected chi connectivity index (χ1v) is 6.87. The maximum Gasteiger partial charge on any atom is 0.313 e. The van der Waals surface area contributed by atoms with Crippen LogP contribution in [-0.4, -0.2) is 4.92 Å². The van der Waals surface area contributed by atoms with Gasteiger partial charge in [-0.3, -0.25) is 10.1 Å². The fraction of sp³-hybridized carbons (Fsp3) is 0.200. The normalized spacial score (nSPS) is 12.0. The molecular formula is C15H15ClN2O3. The van der Waals surface area contributed by atoms with E-state index in [-0.39, 0.29) is 22.5 Å². The molecular weight excluding hydrogens is 292 g/mol. The van der Waals surface area contributed by atoms with Gasteiger partial charge in [-0.15, -0.1) is 0 Å². The number of nitro groups is 1. The predicted molar refractivity (Wildman–Crippen MR) is 81.8 cm³/mol. The Hall–Kier alpha value is -2.11. The van der Waals surface area contributed by atoms with Crippen molar-refractivity contribution < 1.29 is 9.66 Å². The molecule has 110 valence electrons. The van der Waals surface area contributed by atoms with Crippen molar-refractivity contribution in [1.29, 1.82) is 0 Å². The lowest BCUT2D eigenvalue weighted by molar-refractivity contribution is -0.385. The van der Waals surface area contributed by atoms with E-state index in [0.29, 0.717) is 5.75 Å². The number of halogens is 1. The Kier molecular flexibility index (Phi) is 4.77. The van der Waals surface area contributed by atoms with Gasteiger partial charge in [0, 0.05) is 12.1 Å².